The molecule has 0 atom stereocenters. The SMILES string of the molecule is CCN(CC)c1nc(NC)nc(N(C)C2CCCC2)n1. The minimum absolute atomic E-state index is 0.562. The molecule has 1 aliphatic carbocycles. The lowest BCUT2D eigenvalue weighted by Crippen LogP contribution is -2.32. The molecule has 1 N–H and O–H groups in total. The second-order valence-electron chi connectivity index (χ2n) is 5.23. The van der Waals surface area contributed by atoms with E-state index in [1.165, 1.54) is 25.7 Å². The highest BCUT2D eigenvalue weighted by Crippen LogP contribution is 2.26. The van der Waals surface area contributed by atoms with Crippen molar-refractivity contribution in [2.75, 3.05) is 42.3 Å². The van der Waals surface area contributed by atoms with Crippen molar-refractivity contribution in [3.8, 4) is 0 Å². The number of hydrogen-bond acceptors (Lipinski definition) is 6. The summed E-state index contributed by atoms with van der Waals surface area (Å²) < 4.78 is 0. The Morgan fingerprint density at radius 1 is 1.05 bits per heavy atom. The van der Waals surface area contributed by atoms with Crippen LogP contribution in [0.5, 0.6) is 0 Å². The van der Waals surface area contributed by atoms with Gasteiger partial charge < -0.3 is 15.1 Å². The highest BCUT2D eigenvalue weighted by molar-refractivity contribution is 5.45. The summed E-state index contributed by atoms with van der Waals surface area (Å²) in [6.07, 6.45) is 5.08. The first-order valence-corrected chi connectivity index (χ1v) is 7.61. The molecule has 20 heavy (non-hydrogen) atoms. The standard InChI is InChI=1S/C14H26N6/c1-5-20(6-2)14-17-12(15-3)16-13(18-14)19(4)11-9-7-8-10-11/h11H,5-10H2,1-4H3,(H,15,16,17,18). The molecule has 0 saturated heterocycles. The van der Waals surface area contributed by atoms with Gasteiger partial charge in [-0.3, -0.25) is 0 Å². The number of hydrogen-bond donors (Lipinski definition) is 1. The average Bonchev–Trinajstić information content (AvgIpc) is 3.01. The molecule has 0 spiro atoms. The van der Waals surface area contributed by atoms with Gasteiger partial charge in [0.1, 0.15) is 0 Å². The summed E-state index contributed by atoms with van der Waals surface area (Å²) in [6.45, 7) is 6.03. The van der Waals surface area contributed by atoms with Gasteiger partial charge in [0.2, 0.25) is 17.8 Å². The third-order valence-electron chi connectivity index (χ3n) is 4.07. The Kier molecular flexibility index (Phi) is 4.98. The lowest BCUT2D eigenvalue weighted by Gasteiger charge is -2.26. The molecule has 0 aliphatic heterocycles. The van der Waals surface area contributed by atoms with Crippen LogP contribution in [-0.4, -0.2) is 48.2 Å². The van der Waals surface area contributed by atoms with E-state index in [1.54, 1.807) is 0 Å². The molecule has 0 amide bonds. The molecule has 0 aromatic carbocycles. The van der Waals surface area contributed by atoms with Crippen molar-refractivity contribution in [3.05, 3.63) is 0 Å². The van der Waals surface area contributed by atoms with E-state index in [2.05, 4.69) is 51.0 Å². The second kappa shape index (κ2) is 6.72. The lowest BCUT2D eigenvalue weighted by molar-refractivity contribution is 0.635. The van der Waals surface area contributed by atoms with Gasteiger partial charge in [0.25, 0.3) is 0 Å². The van der Waals surface area contributed by atoms with Crippen molar-refractivity contribution in [2.24, 2.45) is 0 Å². The molecule has 1 aliphatic rings. The third kappa shape index (κ3) is 3.11. The van der Waals surface area contributed by atoms with Crippen LogP contribution in [-0.2, 0) is 0 Å². The fraction of sp³-hybridized carbons (Fsp3) is 0.786. The maximum Gasteiger partial charge on any atom is 0.231 e. The van der Waals surface area contributed by atoms with E-state index in [0.717, 1.165) is 25.0 Å². The second-order valence-corrected chi connectivity index (χ2v) is 5.23. The zero-order valence-electron chi connectivity index (χ0n) is 13.1. The van der Waals surface area contributed by atoms with Crippen molar-refractivity contribution in [2.45, 2.75) is 45.6 Å². The minimum Gasteiger partial charge on any atom is -0.357 e. The van der Waals surface area contributed by atoms with Crippen LogP contribution < -0.4 is 15.1 Å². The Morgan fingerprint density at radius 2 is 1.65 bits per heavy atom. The van der Waals surface area contributed by atoms with Gasteiger partial charge in [0.15, 0.2) is 0 Å². The predicted octanol–water partition coefficient (Wildman–Crippen LogP) is 2.14. The fourth-order valence-electron chi connectivity index (χ4n) is 2.73. The van der Waals surface area contributed by atoms with Gasteiger partial charge >= 0.3 is 0 Å². The number of aromatic nitrogens is 3. The Balaban J connectivity index is 2.29. The Morgan fingerprint density at radius 3 is 2.20 bits per heavy atom. The molecule has 1 aromatic heterocycles. The molecule has 6 heteroatoms. The van der Waals surface area contributed by atoms with Gasteiger partial charge in [-0.25, -0.2) is 0 Å². The molecular formula is C14H26N6. The van der Waals surface area contributed by atoms with E-state index in [0.29, 0.717) is 12.0 Å². The third-order valence-corrected chi connectivity index (χ3v) is 4.07. The largest absolute Gasteiger partial charge is 0.357 e. The zero-order chi connectivity index (χ0) is 14.5. The van der Waals surface area contributed by atoms with E-state index in [9.17, 15) is 0 Å². The maximum atomic E-state index is 4.66. The molecule has 6 nitrogen and oxygen atoms in total. The van der Waals surface area contributed by atoms with Crippen LogP contribution in [0.4, 0.5) is 17.8 Å². The predicted molar refractivity (Wildman–Crippen MR) is 83.6 cm³/mol. The summed E-state index contributed by atoms with van der Waals surface area (Å²) in [6, 6.07) is 0.562. The highest BCUT2D eigenvalue weighted by atomic mass is 15.4. The number of nitrogens with one attached hydrogen (secondary N) is 1. The number of nitrogens with zero attached hydrogens (tertiary/aromatic N) is 5. The topological polar surface area (TPSA) is 57.2 Å². The molecule has 112 valence electrons. The molecule has 1 aromatic rings. The molecule has 1 saturated carbocycles. The van der Waals surface area contributed by atoms with Crippen molar-refractivity contribution in [1.82, 2.24) is 15.0 Å². The first-order valence-electron chi connectivity index (χ1n) is 7.61. The first kappa shape index (κ1) is 14.8. The van der Waals surface area contributed by atoms with Gasteiger partial charge in [-0.2, -0.15) is 15.0 Å². The lowest BCUT2D eigenvalue weighted by atomic mass is 10.2. The summed E-state index contributed by atoms with van der Waals surface area (Å²) in [5.74, 6) is 2.18. The van der Waals surface area contributed by atoms with Crippen LogP contribution in [0.25, 0.3) is 0 Å². The van der Waals surface area contributed by atoms with E-state index < -0.39 is 0 Å². The molecule has 0 unspecified atom stereocenters. The van der Waals surface area contributed by atoms with Crippen LogP contribution in [0.2, 0.25) is 0 Å². The van der Waals surface area contributed by atoms with E-state index in [4.69, 9.17) is 0 Å². The number of anilines is 3. The van der Waals surface area contributed by atoms with Gasteiger partial charge in [-0.1, -0.05) is 12.8 Å². The monoisotopic (exact) mass is 278 g/mol. The summed E-state index contributed by atoms with van der Waals surface area (Å²) in [5, 5.41) is 3.04. The van der Waals surface area contributed by atoms with Crippen LogP contribution in [0.3, 0.4) is 0 Å². The summed E-state index contributed by atoms with van der Waals surface area (Å²) >= 11 is 0. The Hall–Kier alpha value is -1.59. The molecule has 1 heterocycles. The van der Waals surface area contributed by atoms with Crippen LogP contribution in [0.15, 0.2) is 0 Å². The average molecular weight is 278 g/mol. The van der Waals surface area contributed by atoms with Crippen molar-refractivity contribution >= 4 is 17.8 Å². The van der Waals surface area contributed by atoms with Crippen LogP contribution in [0, 0.1) is 0 Å². The van der Waals surface area contributed by atoms with E-state index >= 15 is 0 Å². The normalized spacial score (nSPS) is 15.4. The smallest absolute Gasteiger partial charge is 0.231 e. The quantitative estimate of drug-likeness (QED) is 0.860. The van der Waals surface area contributed by atoms with Crippen LogP contribution in [0.1, 0.15) is 39.5 Å². The van der Waals surface area contributed by atoms with E-state index in [-0.39, 0.29) is 0 Å². The van der Waals surface area contributed by atoms with Crippen molar-refractivity contribution < 1.29 is 0 Å². The minimum atomic E-state index is 0.562. The summed E-state index contributed by atoms with van der Waals surface area (Å²) in [4.78, 5) is 18.0. The molecule has 2 rings (SSSR count). The van der Waals surface area contributed by atoms with E-state index in [1.807, 2.05) is 7.05 Å². The molecular weight excluding hydrogens is 252 g/mol. The van der Waals surface area contributed by atoms with Crippen LogP contribution >= 0.6 is 0 Å². The zero-order valence-corrected chi connectivity index (χ0v) is 13.1. The first-order chi connectivity index (χ1) is 9.69. The highest BCUT2D eigenvalue weighted by Gasteiger charge is 2.23. The molecule has 0 bridgehead atoms. The number of rotatable bonds is 6. The Labute approximate surface area is 121 Å². The fourth-order valence-corrected chi connectivity index (χ4v) is 2.73. The van der Waals surface area contributed by atoms with Gasteiger partial charge in [0.05, 0.1) is 0 Å². The van der Waals surface area contributed by atoms with Gasteiger partial charge in [-0.15, -0.1) is 0 Å². The maximum absolute atomic E-state index is 4.66. The molecule has 0 radical (unpaired) electrons. The van der Waals surface area contributed by atoms with Gasteiger partial charge in [0, 0.05) is 33.2 Å². The van der Waals surface area contributed by atoms with Crippen molar-refractivity contribution in [1.29, 1.82) is 0 Å². The van der Waals surface area contributed by atoms with Crippen molar-refractivity contribution in [3.63, 3.8) is 0 Å². The molecule has 1 fully saturated rings. The van der Waals surface area contributed by atoms with Gasteiger partial charge in [-0.05, 0) is 26.7 Å². The summed E-state index contributed by atoms with van der Waals surface area (Å²) in [5.41, 5.74) is 0. The Bertz CT molecular complexity index is 426. The summed E-state index contributed by atoms with van der Waals surface area (Å²) in [7, 11) is 3.94.